The number of rotatable bonds is 8. The molecular formula is C18H24N2O. The maximum atomic E-state index is 5.92. The van der Waals surface area contributed by atoms with Gasteiger partial charge in [-0.2, -0.15) is 0 Å². The lowest BCUT2D eigenvalue weighted by molar-refractivity contribution is 0.308. The van der Waals surface area contributed by atoms with Gasteiger partial charge in [-0.3, -0.25) is 4.98 Å². The standard InChI is InChI=1S/C18H24N2O/c1-3-15(2)17-9-4-5-10-18(17)21-13-12-19-14-16-8-6-7-11-20-16/h4-11,15,19H,3,12-14H2,1-2H3. The predicted octanol–water partition coefficient (Wildman–Crippen LogP) is 3.76. The van der Waals surface area contributed by atoms with Crippen LogP contribution in [0, 0.1) is 0 Å². The van der Waals surface area contributed by atoms with Gasteiger partial charge in [0.1, 0.15) is 12.4 Å². The van der Waals surface area contributed by atoms with Crippen LogP contribution in [-0.4, -0.2) is 18.1 Å². The number of hydrogen-bond donors (Lipinski definition) is 1. The monoisotopic (exact) mass is 284 g/mol. The Bertz CT molecular complexity index is 528. The molecule has 0 aliphatic heterocycles. The molecule has 0 saturated carbocycles. The number of nitrogens with one attached hydrogen (secondary N) is 1. The van der Waals surface area contributed by atoms with Gasteiger partial charge in [0.25, 0.3) is 0 Å². The second-order valence-corrected chi connectivity index (χ2v) is 5.19. The minimum absolute atomic E-state index is 0.530. The largest absolute Gasteiger partial charge is 0.492 e. The zero-order valence-corrected chi connectivity index (χ0v) is 12.9. The highest BCUT2D eigenvalue weighted by Gasteiger charge is 2.08. The van der Waals surface area contributed by atoms with Crippen LogP contribution in [0.25, 0.3) is 0 Å². The number of hydrogen-bond acceptors (Lipinski definition) is 3. The summed E-state index contributed by atoms with van der Waals surface area (Å²) in [5, 5.41) is 3.35. The molecule has 1 N–H and O–H groups in total. The van der Waals surface area contributed by atoms with Crippen molar-refractivity contribution in [1.29, 1.82) is 0 Å². The highest BCUT2D eigenvalue weighted by molar-refractivity contribution is 5.35. The third-order valence-electron chi connectivity index (χ3n) is 3.63. The molecule has 2 rings (SSSR count). The molecule has 1 heterocycles. The van der Waals surface area contributed by atoms with E-state index in [4.69, 9.17) is 4.74 Å². The van der Waals surface area contributed by atoms with Gasteiger partial charge in [-0.05, 0) is 36.1 Å². The first-order chi connectivity index (χ1) is 10.3. The third-order valence-corrected chi connectivity index (χ3v) is 3.63. The van der Waals surface area contributed by atoms with Gasteiger partial charge < -0.3 is 10.1 Å². The fourth-order valence-corrected chi connectivity index (χ4v) is 2.19. The quantitative estimate of drug-likeness (QED) is 0.749. The number of ether oxygens (including phenoxy) is 1. The maximum Gasteiger partial charge on any atom is 0.122 e. The number of para-hydroxylation sites is 1. The molecule has 0 aliphatic carbocycles. The van der Waals surface area contributed by atoms with Gasteiger partial charge in [0, 0.05) is 19.3 Å². The van der Waals surface area contributed by atoms with Crippen LogP contribution in [0.15, 0.2) is 48.7 Å². The normalized spacial score (nSPS) is 12.1. The third kappa shape index (κ3) is 4.87. The average Bonchev–Trinajstić information content (AvgIpc) is 2.55. The van der Waals surface area contributed by atoms with E-state index in [-0.39, 0.29) is 0 Å². The van der Waals surface area contributed by atoms with Gasteiger partial charge >= 0.3 is 0 Å². The van der Waals surface area contributed by atoms with Crippen molar-refractivity contribution >= 4 is 0 Å². The summed E-state index contributed by atoms with van der Waals surface area (Å²) in [4.78, 5) is 4.28. The summed E-state index contributed by atoms with van der Waals surface area (Å²) in [6.07, 6.45) is 2.94. The molecule has 0 bridgehead atoms. The van der Waals surface area contributed by atoms with E-state index >= 15 is 0 Å². The van der Waals surface area contributed by atoms with Gasteiger partial charge in [-0.1, -0.05) is 38.1 Å². The van der Waals surface area contributed by atoms with Crippen molar-refractivity contribution in [2.24, 2.45) is 0 Å². The molecule has 112 valence electrons. The van der Waals surface area contributed by atoms with Crippen molar-refractivity contribution in [1.82, 2.24) is 10.3 Å². The Morgan fingerprint density at radius 3 is 2.71 bits per heavy atom. The van der Waals surface area contributed by atoms with E-state index in [0.29, 0.717) is 12.5 Å². The summed E-state index contributed by atoms with van der Waals surface area (Å²) in [6.45, 7) is 6.69. The Balaban J connectivity index is 1.76. The molecule has 1 aromatic carbocycles. The summed E-state index contributed by atoms with van der Waals surface area (Å²) < 4.78 is 5.92. The van der Waals surface area contributed by atoms with Crippen LogP contribution in [0.3, 0.4) is 0 Å². The summed E-state index contributed by atoms with van der Waals surface area (Å²) in [5.41, 5.74) is 2.35. The van der Waals surface area contributed by atoms with E-state index in [0.717, 1.165) is 31.0 Å². The number of aromatic nitrogens is 1. The van der Waals surface area contributed by atoms with Gasteiger partial charge in [0.05, 0.1) is 5.69 Å². The van der Waals surface area contributed by atoms with E-state index in [1.165, 1.54) is 5.56 Å². The molecule has 0 radical (unpaired) electrons. The predicted molar refractivity (Wildman–Crippen MR) is 86.6 cm³/mol. The van der Waals surface area contributed by atoms with Crippen molar-refractivity contribution in [2.45, 2.75) is 32.7 Å². The maximum absolute atomic E-state index is 5.92. The Morgan fingerprint density at radius 2 is 1.95 bits per heavy atom. The molecule has 21 heavy (non-hydrogen) atoms. The molecule has 0 spiro atoms. The van der Waals surface area contributed by atoms with E-state index in [2.05, 4.69) is 42.3 Å². The smallest absolute Gasteiger partial charge is 0.122 e. The van der Waals surface area contributed by atoms with Crippen LogP contribution < -0.4 is 10.1 Å². The first kappa shape index (κ1) is 15.5. The molecule has 0 saturated heterocycles. The van der Waals surface area contributed by atoms with Crippen molar-refractivity contribution in [2.75, 3.05) is 13.2 Å². The molecule has 1 aromatic heterocycles. The summed E-state index contributed by atoms with van der Waals surface area (Å²) in [7, 11) is 0. The Hall–Kier alpha value is -1.87. The van der Waals surface area contributed by atoms with Crippen molar-refractivity contribution in [3.8, 4) is 5.75 Å². The Morgan fingerprint density at radius 1 is 1.14 bits per heavy atom. The molecule has 0 aliphatic rings. The fourth-order valence-electron chi connectivity index (χ4n) is 2.19. The van der Waals surface area contributed by atoms with E-state index in [9.17, 15) is 0 Å². The Kier molecular flexibility index (Phi) is 6.22. The second kappa shape index (κ2) is 8.42. The molecular weight excluding hydrogens is 260 g/mol. The van der Waals surface area contributed by atoms with Crippen molar-refractivity contribution in [3.05, 3.63) is 59.9 Å². The van der Waals surface area contributed by atoms with Crippen LogP contribution in [0.4, 0.5) is 0 Å². The first-order valence-corrected chi connectivity index (χ1v) is 7.63. The minimum atomic E-state index is 0.530. The van der Waals surface area contributed by atoms with Gasteiger partial charge in [-0.15, -0.1) is 0 Å². The molecule has 0 fully saturated rings. The van der Waals surface area contributed by atoms with Crippen LogP contribution >= 0.6 is 0 Å². The lowest BCUT2D eigenvalue weighted by Crippen LogP contribution is -2.21. The van der Waals surface area contributed by atoms with Crippen molar-refractivity contribution in [3.63, 3.8) is 0 Å². The van der Waals surface area contributed by atoms with Gasteiger partial charge in [0.2, 0.25) is 0 Å². The van der Waals surface area contributed by atoms with Crippen LogP contribution in [0.5, 0.6) is 5.75 Å². The van der Waals surface area contributed by atoms with Gasteiger partial charge in [0.15, 0.2) is 0 Å². The fraction of sp³-hybridized carbons (Fsp3) is 0.389. The first-order valence-electron chi connectivity index (χ1n) is 7.63. The van der Waals surface area contributed by atoms with Crippen molar-refractivity contribution < 1.29 is 4.74 Å². The summed E-state index contributed by atoms with van der Waals surface area (Å²) >= 11 is 0. The van der Waals surface area contributed by atoms with Gasteiger partial charge in [-0.25, -0.2) is 0 Å². The minimum Gasteiger partial charge on any atom is -0.492 e. The molecule has 0 amide bonds. The number of benzene rings is 1. The molecule has 3 heteroatoms. The molecule has 3 nitrogen and oxygen atoms in total. The molecule has 1 atom stereocenters. The molecule has 2 aromatic rings. The number of pyridine rings is 1. The zero-order valence-electron chi connectivity index (χ0n) is 12.9. The lowest BCUT2D eigenvalue weighted by atomic mass is 9.98. The highest BCUT2D eigenvalue weighted by Crippen LogP contribution is 2.28. The average molecular weight is 284 g/mol. The summed E-state index contributed by atoms with van der Waals surface area (Å²) in [6, 6.07) is 14.3. The zero-order chi connectivity index (χ0) is 14.9. The lowest BCUT2D eigenvalue weighted by Gasteiger charge is -2.15. The van der Waals surface area contributed by atoms with Crippen LogP contribution in [0.1, 0.15) is 37.4 Å². The SMILES string of the molecule is CCC(C)c1ccccc1OCCNCc1ccccn1. The Labute approximate surface area is 127 Å². The van der Waals surface area contributed by atoms with E-state index in [1.807, 2.05) is 30.5 Å². The van der Waals surface area contributed by atoms with E-state index in [1.54, 1.807) is 0 Å². The topological polar surface area (TPSA) is 34.1 Å². The summed E-state index contributed by atoms with van der Waals surface area (Å²) in [5.74, 6) is 1.54. The number of nitrogens with zero attached hydrogens (tertiary/aromatic N) is 1. The molecule has 1 unspecified atom stereocenters. The second-order valence-electron chi connectivity index (χ2n) is 5.19. The van der Waals surface area contributed by atoms with E-state index < -0.39 is 0 Å². The highest BCUT2D eigenvalue weighted by atomic mass is 16.5. The van der Waals surface area contributed by atoms with Crippen LogP contribution in [0.2, 0.25) is 0 Å². The van der Waals surface area contributed by atoms with Crippen LogP contribution in [-0.2, 0) is 6.54 Å².